The fourth-order valence-corrected chi connectivity index (χ4v) is 2.22. The maximum absolute atomic E-state index is 9.07. The molecule has 1 aromatic carbocycles. The fraction of sp³-hybridized carbons (Fsp3) is 0.154. The number of benzene rings is 1. The Bertz CT molecular complexity index is 456. The van der Waals surface area contributed by atoms with Crippen LogP contribution in [0.4, 0.5) is 0 Å². The second-order valence-corrected chi connectivity index (χ2v) is 4.42. The molecule has 1 N–H and O–H groups in total. The third-order valence-electron chi connectivity index (χ3n) is 2.31. The summed E-state index contributed by atoms with van der Waals surface area (Å²) >= 11 is 1.61. The number of hydrogen-bond acceptors (Lipinski definition) is 3. The Hall–Kier alpha value is -1.63. The Labute approximate surface area is 99.2 Å². The van der Waals surface area contributed by atoms with Crippen molar-refractivity contribution in [3.63, 3.8) is 0 Å². The highest BCUT2D eigenvalue weighted by atomic mass is 32.1. The summed E-state index contributed by atoms with van der Waals surface area (Å²) in [4.78, 5) is 1.07. The average molecular weight is 228 g/mol. The number of nitriles is 1. The first kappa shape index (κ1) is 10.9. The molecular formula is C13H12N2S. The fourth-order valence-electron chi connectivity index (χ4n) is 1.48. The summed E-state index contributed by atoms with van der Waals surface area (Å²) in [5.74, 6) is 0. The van der Waals surface area contributed by atoms with Gasteiger partial charge in [-0.05, 0) is 17.0 Å². The van der Waals surface area contributed by atoms with E-state index in [2.05, 4.69) is 23.5 Å². The lowest BCUT2D eigenvalue weighted by atomic mass is 10.2. The van der Waals surface area contributed by atoms with E-state index in [9.17, 15) is 0 Å². The summed E-state index contributed by atoms with van der Waals surface area (Å²) in [5.41, 5.74) is 1.19. The van der Waals surface area contributed by atoms with Gasteiger partial charge in [0, 0.05) is 11.4 Å². The second kappa shape index (κ2) is 5.45. The zero-order valence-electron chi connectivity index (χ0n) is 8.76. The molecule has 2 nitrogen and oxygen atoms in total. The monoisotopic (exact) mass is 228 g/mol. The van der Waals surface area contributed by atoms with Gasteiger partial charge < -0.3 is 0 Å². The van der Waals surface area contributed by atoms with Crippen LogP contribution in [0.1, 0.15) is 16.5 Å². The van der Waals surface area contributed by atoms with Crippen LogP contribution in [-0.2, 0) is 6.54 Å². The number of thiophene rings is 1. The smallest absolute Gasteiger partial charge is 0.130 e. The van der Waals surface area contributed by atoms with Crippen molar-refractivity contribution < 1.29 is 0 Å². The highest BCUT2D eigenvalue weighted by Gasteiger charge is 2.09. The van der Waals surface area contributed by atoms with Crippen molar-refractivity contribution in [3.8, 4) is 6.07 Å². The molecule has 1 aromatic heterocycles. The maximum atomic E-state index is 9.07. The molecule has 0 aliphatic carbocycles. The zero-order valence-corrected chi connectivity index (χ0v) is 9.58. The third-order valence-corrected chi connectivity index (χ3v) is 3.25. The first-order valence-corrected chi connectivity index (χ1v) is 5.98. The average Bonchev–Trinajstić information content (AvgIpc) is 2.85. The molecule has 2 rings (SSSR count). The normalized spacial score (nSPS) is 11.9. The summed E-state index contributed by atoms with van der Waals surface area (Å²) in [5, 5.41) is 14.3. The largest absolute Gasteiger partial charge is 0.293 e. The van der Waals surface area contributed by atoms with Crippen molar-refractivity contribution >= 4 is 11.3 Å². The van der Waals surface area contributed by atoms with Gasteiger partial charge in [0.1, 0.15) is 6.04 Å². The molecule has 16 heavy (non-hydrogen) atoms. The number of nitrogens with zero attached hydrogens (tertiary/aromatic N) is 1. The highest BCUT2D eigenvalue weighted by Crippen LogP contribution is 2.18. The standard InChI is InChI=1S/C13H12N2S/c14-9-12(13-7-4-8-16-13)15-10-11-5-2-1-3-6-11/h1-8,12,15H,10H2/t12-/m1/s1. The first-order chi connectivity index (χ1) is 7.90. The topological polar surface area (TPSA) is 35.8 Å². The van der Waals surface area contributed by atoms with Gasteiger partial charge in [-0.3, -0.25) is 5.32 Å². The van der Waals surface area contributed by atoms with E-state index in [-0.39, 0.29) is 6.04 Å². The first-order valence-electron chi connectivity index (χ1n) is 5.10. The molecule has 0 amide bonds. The predicted octanol–water partition coefficient (Wildman–Crippen LogP) is 3.10. The van der Waals surface area contributed by atoms with E-state index in [1.54, 1.807) is 11.3 Å². The van der Waals surface area contributed by atoms with Crippen LogP contribution in [0, 0.1) is 11.3 Å². The lowest BCUT2D eigenvalue weighted by Gasteiger charge is -2.09. The van der Waals surface area contributed by atoms with E-state index in [4.69, 9.17) is 5.26 Å². The van der Waals surface area contributed by atoms with Gasteiger partial charge in [0.05, 0.1) is 6.07 Å². The van der Waals surface area contributed by atoms with Gasteiger partial charge in [0.15, 0.2) is 0 Å². The van der Waals surface area contributed by atoms with Crippen molar-refractivity contribution in [1.29, 1.82) is 5.26 Å². The molecule has 0 unspecified atom stereocenters. The molecule has 0 bridgehead atoms. The SMILES string of the molecule is N#C[C@@H](NCc1ccccc1)c1cccs1. The molecule has 0 saturated heterocycles. The summed E-state index contributed by atoms with van der Waals surface area (Å²) < 4.78 is 0. The quantitative estimate of drug-likeness (QED) is 0.872. The number of hydrogen-bond donors (Lipinski definition) is 1. The van der Waals surface area contributed by atoms with Gasteiger partial charge in [0.2, 0.25) is 0 Å². The van der Waals surface area contributed by atoms with Gasteiger partial charge in [-0.15, -0.1) is 11.3 Å². The third kappa shape index (κ3) is 2.69. The van der Waals surface area contributed by atoms with Crippen molar-refractivity contribution in [3.05, 3.63) is 58.3 Å². The van der Waals surface area contributed by atoms with Crippen LogP contribution < -0.4 is 5.32 Å². The number of nitrogens with one attached hydrogen (secondary N) is 1. The minimum absolute atomic E-state index is 0.208. The molecule has 0 fully saturated rings. The zero-order chi connectivity index (χ0) is 11.2. The van der Waals surface area contributed by atoms with Crippen molar-refractivity contribution in [1.82, 2.24) is 5.32 Å². The van der Waals surface area contributed by atoms with E-state index >= 15 is 0 Å². The summed E-state index contributed by atoms with van der Waals surface area (Å²) in [6.07, 6.45) is 0. The van der Waals surface area contributed by atoms with E-state index in [0.29, 0.717) is 0 Å². The Kier molecular flexibility index (Phi) is 3.71. The molecule has 0 aliphatic heterocycles. The molecule has 80 valence electrons. The van der Waals surface area contributed by atoms with Crippen LogP contribution >= 0.6 is 11.3 Å². The van der Waals surface area contributed by atoms with Gasteiger partial charge in [-0.1, -0.05) is 36.4 Å². The minimum Gasteiger partial charge on any atom is -0.293 e. The van der Waals surface area contributed by atoms with Gasteiger partial charge >= 0.3 is 0 Å². The Morgan fingerprint density at radius 1 is 1.19 bits per heavy atom. The van der Waals surface area contributed by atoms with Crippen LogP contribution in [0.5, 0.6) is 0 Å². The van der Waals surface area contributed by atoms with E-state index in [1.165, 1.54) is 5.56 Å². The Morgan fingerprint density at radius 3 is 2.62 bits per heavy atom. The lowest BCUT2D eigenvalue weighted by molar-refractivity contribution is 0.638. The lowest BCUT2D eigenvalue weighted by Crippen LogP contribution is -2.18. The molecule has 0 spiro atoms. The maximum Gasteiger partial charge on any atom is 0.130 e. The summed E-state index contributed by atoms with van der Waals surface area (Å²) in [7, 11) is 0. The molecule has 0 radical (unpaired) electrons. The van der Waals surface area contributed by atoms with Crippen molar-refractivity contribution in [2.75, 3.05) is 0 Å². The van der Waals surface area contributed by atoms with Crippen LogP contribution in [0.25, 0.3) is 0 Å². The summed E-state index contributed by atoms with van der Waals surface area (Å²) in [6, 6.07) is 16.1. The molecule has 1 atom stereocenters. The van der Waals surface area contributed by atoms with Crippen LogP contribution in [0.2, 0.25) is 0 Å². The van der Waals surface area contributed by atoms with Gasteiger partial charge in [-0.25, -0.2) is 0 Å². The van der Waals surface area contributed by atoms with E-state index in [1.807, 2.05) is 35.7 Å². The van der Waals surface area contributed by atoms with Gasteiger partial charge in [0.25, 0.3) is 0 Å². The predicted molar refractivity (Wildman–Crippen MR) is 66.0 cm³/mol. The number of rotatable bonds is 4. The highest BCUT2D eigenvalue weighted by molar-refractivity contribution is 7.10. The van der Waals surface area contributed by atoms with Crippen LogP contribution in [-0.4, -0.2) is 0 Å². The summed E-state index contributed by atoms with van der Waals surface area (Å²) in [6.45, 7) is 0.719. The molecule has 0 saturated carbocycles. The molecular weight excluding hydrogens is 216 g/mol. The van der Waals surface area contributed by atoms with Crippen molar-refractivity contribution in [2.45, 2.75) is 12.6 Å². The van der Waals surface area contributed by atoms with Crippen LogP contribution in [0.15, 0.2) is 47.8 Å². The molecule has 3 heteroatoms. The minimum atomic E-state index is -0.208. The molecule has 2 aromatic rings. The molecule has 0 aliphatic rings. The van der Waals surface area contributed by atoms with E-state index in [0.717, 1.165) is 11.4 Å². The van der Waals surface area contributed by atoms with Crippen LogP contribution in [0.3, 0.4) is 0 Å². The Morgan fingerprint density at radius 2 is 2.00 bits per heavy atom. The molecule has 1 heterocycles. The van der Waals surface area contributed by atoms with Gasteiger partial charge in [-0.2, -0.15) is 5.26 Å². The second-order valence-electron chi connectivity index (χ2n) is 3.44. The van der Waals surface area contributed by atoms with Crippen molar-refractivity contribution in [2.24, 2.45) is 0 Å². The Balaban J connectivity index is 1.97. The van der Waals surface area contributed by atoms with E-state index < -0.39 is 0 Å².